The van der Waals surface area contributed by atoms with E-state index in [-0.39, 0.29) is 0 Å². The van der Waals surface area contributed by atoms with Crippen molar-refractivity contribution in [3.8, 4) is 0 Å². The summed E-state index contributed by atoms with van der Waals surface area (Å²) in [6.07, 6.45) is -3.93. The molecular formula is CF2O4S. The number of halogens is 2. The third-order valence-electron chi connectivity index (χ3n) is 0.398. The van der Waals surface area contributed by atoms with Crippen LogP contribution in [0.25, 0.3) is 0 Å². The molecule has 0 radical (unpaired) electrons. The smallest absolute Gasteiger partial charge is 0.169 e. The molecule has 1 aliphatic heterocycles. The van der Waals surface area contributed by atoms with Crippen molar-refractivity contribution in [3.63, 3.8) is 0 Å². The average Bonchev–Trinajstić information content (AvgIpc) is 1.20. The van der Waals surface area contributed by atoms with E-state index in [4.69, 9.17) is 0 Å². The minimum Gasteiger partial charge on any atom is -0.169 e. The van der Waals surface area contributed by atoms with E-state index in [1.807, 2.05) is 0 Å². The molecule has 1 fully saturated rings. The molecule has 0 saturated carbocycles. The Labute approximate surface area is 43.3 Å². The fourth-order valence-electron chi connectivity index (χ4n) is 0.244. The molecule has 1 rings (SSSR count). The lowest BCUT2D eigenvalue weighted by Crippen LogP contribution is -2.42. The van der Waals surface area contributed by atoms with Gasteiger partial charge in [0.15, 0.2) is 0 Å². The SMILES string of the molecule is O=S1(=O)OC(F)(F)O1. The summed E-state index contributed by atoms with van der Waals surface area (Å²) in [6, 6.07) is 0. The molecule has 1 heterocycles. The van der Waals surface area contributed by atoms with Crippen molar-refractivity contribution in [2.24, 2.45) is 0 Å². The summed E-state index contributed by atoms with van der Waals surface area (Å²) in [4.78, 5) is 0. The molecule has 0 spiro atoms. The summed E-state index contributed by atoms with van der Waals surface area (Å²) < 4.78 is 47.4. The van der Waals surface area contributed by atoms with Crippen LogP contribution < -0.4 is 0 Å². The van der Waals surface area contributed by atoms with Gasteiger partial charge in [-0.3, -0.25) is 0 Å². The highest BCUT2D eigenvalue weighted by Crippen LogP contribution is 2.32. The van der Waals surface area contributed by atoms with Crippen LogP contribution in [0.4, 0.5) is 8.78 Å². The van der Waals surface area contributed by atoms with E-state index in [0.29, 0.717) is 0 Å². The molecule has 48 valence electrons. The van der Waals surface area contributed by atoms with Gasteiger partial charge in [-0.2, -0.15) is 16.8 Å². The second-order valence-corrected chi connectivity index (χ2v) is 2.19. The van der Waals surface area contributed by atoms with Gasteiger partial charge in [-0.25, -0.2) is 0 Å². The zero-order valence-electron chi connectivity index (χ0n) is 3.30. The van der Waals surface area contributed by atoms with Crippen LogP contribution >= 0.6 is 0 Å². The van der Waals surface area contributed by atoms with Crippen LogP contribution in [0.2, 0.25) is 0 Å². The first-order chi connectivity index (χ1) is 3.41. The van der Waals surface area contributed by atoms with Crippen LogP contribution in [0.5, 0.6) is 0 Å². The van der Waals surface area contributed by atoms with Crippen molar-refractivity contribution in [3.05, 3.63) is 0 Å². The summed E-state index contributed by atoms with van der Waals surface area (Å²) in [5.41, 5.74) is 0. The van der Waals surface area contributed by atoms with E-state index < -0.39 is 16.7 Å². The van der Waals surface area contributed by atoms with Crippen LogP contribution in [-0.2, 0) is 18.8 Å². The predicted molar refractivity (Wildman–Crippen MR) is 16.0 cm³/mol. The highest BCUT2D eigenvalue weighted by molar-refractivity contribution is 7.82. The Morgan fingerprint density at radius 1 is 1.25 bits per heavy atom. The van der Waals surface area contributed by atoms with Gasteiger partial charge in [0.05, 0.1) is 0 Å². The van der Waals surface area contributed by atoms with Gasteiger partial charge in [-0.15, -0.1) is 8.78 Å². The fraction of sp³-hybridized carbons (Fsp3) is 1.00. The molecule has 0 aromatic heterocycles. The van der Waals surface area contributed by atoms with Gasteiger partial charge < -0.3 is 0 Å². The molecule has 4 nitrogen and oxygen atoms in total. The minimum absolute atomic E-state index is 2.93. The molecule has 0 bridgehead atoms. The van der Waals surface area contributed by atoms with Crippen molar-refractivity contribution in [2.75, 3.05) is 0 Å². The van der Waals surface area contributed by atoms with E-state index in [1.54, 1.807) is 0 Å². The van der Waals surface area contributed by atoms with Crippen molar-refractivity contribution in [1.29, 1.82) is 0 Å². The van der Waals surface area contributed by atoms with Crippen molar-refractivity contribution in [2.45, 2.75) is 6.29 Å². The first-order valence-corrected chi connectivity index (χ1v) is 2.79. The molecule has 1 aliphatic rings. The molecule has 0 aromatic carbocycles. The summed E-state index contributed by atoms with van der Waals surface area (Å²) >= 11 is 0. The van der Waals surface area contributed by atoms with Gasteiger partial charge in [-0.1, -0.05) is 0 Å². The van der Waals surface area contributed by atoms with Crippen LogP contribution in [-0.4, -0.2) is 14.7 Å². The lowest BCUT2D eigenvalue weighted by molar-refractivity contribution is -0.359. The molecular weight excluding hydrogens is 146 g/mol. The third-order valence-corrected chi connectivity index (χ3v) is 1.19. The van der Waals surface area contributed by atoms with E-state index in [2.05, 4.69) is 8.37 Å². The lowest BCUT2D eigenvalue weighted by atomic mass is 11.3. The summed E-state index contributed by atoms with van der Waals surface area (Å²) in [6.45, 7) is 0. The maximum atomic E-state index is 11.2. The topological polar surface area (TPSA) is 52.6 Å². The Morgan fingerprint density at radius 3 is 1.62 bits per heavy atom. The molecule has 1 saturated heterocycles. The van der Waals surface area contributed by atoms with E-state index >= 15 is 0 Å². The van der Waals surface area contributed by atoms with Crippen molar-refractivity contribution < 1.29 is 25.6 Å². The summed E-state index contributed by atoms with van der Waals surface area (Å²) in [5, 5.41) is 0. The first-order valence-electron chi connectivity index (χ1n) is 1.45. The van der Waals surface area contributed by atoms with E-state index in [0.717, 1.165) is 0 Å². The van der Waals surface area contributed by atoms with Crippen LogP contribution in [0, 0.1) is 0 Å². The Hall–Kier alpha value is -0.270. The third kappa shape index (κ3) is 0.932. The van der Waals surface area contributed by atoms with E-state index in [9.17, 15) is 17.2 Å². The van der Waals surface area contributed by atoms with Gasteiger partial charge in [0.25, 0.3) is 0 Å². The molecule has 0 N–H and O–H groups in total. The first kappa shape index (κ1) is 5.86. The Bertz CT molecular complexity index is 178. The van der Waals surface area contributed by atoms with Gasteiger partial charge in [-0.05, 0) is 0 Å². The Kier molecular flexibility index (Phi) is 0.859. The molecule has 0 unspecified atom stereocenters. The average molecular weight is 146 g/mol. The van der Waals surface area contributed by atoms with Gasteiger partial charge >= 0.3 is 16.7 Å². The lowest BCUT2D eigenvalue weighted by Gasteiger charge is -2.21. The maximum Gasteiger partial charge on any atom is 0.518 e. The quantitative estimate of drug-likeness (QED) is 0.476. The van der Waals surface area contributed by atoms with Gasteiger partial charge in [0.2, 0.25) is 0 Å². The zero-order chi connectivity index (χ0) is 6.41. The zero-order valence-corrected chi connectivity index (χ0v) is 4.11. The predicted octanol–water partition coefficient (Wildman–Crippen LogP) is -0.172. The number of hydrogen-bond donors (Lipinski definition) is 0. The molecule has 7 heteroatoms. The number of hydrogen-bond acceptors (Lipinski definition) is 4. The Morgan fingerprint density at radius 2 is 1.62 bits per heavy atom. The molecule has 0 amide bonds. The maximum absolute atomic E-state index is 11.2. The molecule has 0 aliphatic carbocycles. The second kappa shape index (κ2) is 1.17. The highest BCUT2D eigenvalue weighted by atomic mass is 32.3. The molecule has 8 heavy (non-hydrogen) atoms. The standard InChI is InChI=1S/CF2O4S/c2-1(3)6-8(4,5)7-1. The molecule has 0 aromatic rings. The monoisotopic (exact) mass is 146 g/mol. The van der Waals surface area contributed by atoms with Gasteiger partial charge in [0.1, 0.15) is 0 Å². The van der Waals surface area contributed by atoms with Crippen LogP contribution in [0.15, 0.2) is 0 Å². The normalized spacial score (nSPS) is 31.2. The second-order valence-electron chi connectivity index (χ2n) is 1.04. The fourth-order valence-corrected chi connectivity index (χ4v) is 0.732. The van der Waals surface area contributed by atoms with Crippen LogP contribution in [0.1, 0.15) is 0 Å². The number of alkyl halides is 2. The van der Waals surface area contributed by atoms with Crippen LogP contribution in [0.3, 0.4) is 0 Å². The van der Waals surface area contributed by atoms with Crippen molar-refractivity contribution in [1.82, 2.24) is 0 Å². The minimum atomic E-state index is -4.34. The number of rotatable bonds is 0. The summed E-state index contributed by atoms with van der Waals surface area (Å²) in [5.74, 6) is 0. The van der Waals surface area contributed by atoms with Crippen molar-refractivity contribution >= 4 is 10.4 Å². The van der Waals surface area contributed by atoms with E-state index in [1.165, 1.54) is 0 Å². The van der Waals surface area contributed by atoms with Gasteiger partial charge in [0, 0.05) is 0 Å². The molecule has 0 atom stereocenters. The summed E-state index contributed by atoms with van der Waals surface area (Å²) in [7, 11) is -4.34. The highest BCUT2D eigenvalue weighted by Gasteiger charge is 2.55. The largest absolute Gasteiger partial charge is 0.518 e. The Balaban J connectivity index is 2.68.